The van der Waals surface area contributed by atoms with Crippen molar-refractivity contribution >= 4 is 22.9 Å². The number of aromatic nitrogens is 3. The molecule has 0 aliphatic rings. The second kappa shape index (κ2) is 9.27. The van der Waals surface area contributed by atoms with Crippen LogP contribution in [0.3, 0.4) is 0 Å². The zero-order chi connectivity index (χ0) is 23.5. The third kappa shape index (κ3) is 4.94. The third-order valence-corrected chi connectivity index (χ3v) is 4.83. The molecular weight excluding hydrogens is 440 g/mol. The molecule has 0 fully saturated rings. The van der Waals surface area contributed by atoms with Crippen LogP contribution in [0, 0.1) is 18.6 Å². The minimum atomic E-state index is -2.74. The molecule has 1 amide bonds. The molecule has 1 N–H and O–H groups in total. The molecule has 0 aliphatic carbocycles. The minimum absolute atomic E-state index is 0.0600. The average molecular weight is 458 g/mol. The van der Waals surface area contributed by atoms with E-state index in [-0.39, 0.29) is 35.0 Å². The van der Waals surface area contributed by atoms with Gasteiger partial charge in [0.1, 0.15) is 5.52 Å². The standard InChI is InChI=1S/C23H18F4N4O2/c1-13-4-3-9-28-22(13)33-18-8-7-14(10-16(18)25)11-20(32)29-23-30-21-15(24)5-2-6-17(21)31(23)12-19(26)27/h2-10,19H,11-12H2,1H3,(H,29,30,32). The first kappa shape index (κ1) is 22.3. The zero-order valence-electron chi connectivity index (χ0n) is 17.4. The van der Waals surface area contributed by atoms with Crippen molar-refractivity contribution in [2.75, 3.05) is 5.32 Å². The molecule has 2 heterocycles. The normalized spacial score (nSPS) is 11.2. The first-order valence-corrected chi connectivity index (χ1v) is 9.92. The Bertz CT molecular complexity index is 1320. The number of rotatable bonds is 7. The number of pyridine rings is 1. The van der Waals surface area contributed by atoms with Crippen LogP contribution in [0.1, 0.15) is 11.1 Å². The smallest absolute Gasteiger partial charge is 0.256 e. The molecule has 33 heavy (non-hydrogen) atoms. The van der Waals surface area contributed by atoms with Crippen LogP contribution in [0.25, 0.3) is 11.0 Å². The molecule has 0 atom stereocenters. The van der Waals surface area contributed by atoms with Crippen molar-refractivity contribution in [2.45, 2.75) is 26.3 Å². The summed E-state index contributed by atoms with van der Waals surface area (Å²) in [6.45, 7) is 0.995. The maximum atomic E-state index is 14.5. The van der Waals surface area contributed by atoms with Gasteiger partial charge in [-0.2, -0.15) is 0 Å². The number of benzene rings is 2. The number of anilines is 1. The van der Waals surface area contributed by atoms with Gasteiger partial charge in [-0.1, -0.05) is 18.2 Å². The molecule has 0 radical (unpaired) electrons. The van der Waals surface area contributed by atoms with E-state index >= 15 is 0 Å². The van der Waals surface area contributed by atoms with Crippen molar-refractivity contribution in [1.29, 1.82) is 0 Å². The Kier molecular flexibility index (Phi) is 6.25. The lowest BCUT2D eigenvalue weighted by Crippen LogP contribution is -2.19. The lowest BCUT2D eigenvalue weighted by atomic mass is 10.1. The largest absolute Gasteiger partial charge is 0.436 e. The van der Waals surface area contributed by atoms with Crippen molar-refractivity contribution < 1.29 is 27.1 Å². The summed E-state index contributed by atoms with van der Waals surface area (Å²) >= 11 is 0. The molecule has 0 spiro atoms. The van der Waals surface area contributed by atoms with Gasteiger partial charge < -0.3 is 9.30 Å². The molecule has 0 bridgehead atoms. The molecule has 0 saturated heterocycles. The number of nitrogens with one attached hydrogen (secondary N) is 1. The number of carbonyl (C=O) groups excluding carboxylic acids is 1. The molecule has 2 aromatic heterocycles. The Morgan fingerprint density at radius 1 is 1.12 bits per heavy atom. The fraction of sp³-hybridized carbons (Fsp3) is 0.174. The summed E-state index contributed by atoms with van der Waals surface area (Å²) < 4.78 is 61.1. The molecule has 6 nitrogen and oxygen atoms in total. The number of hydrogen-bond donors (Lipinski definition) is 1. The highest BCUT2D eigenvalue weighted by Crippen LogP contribution is 2.27. The topological polar surface area (TPSA) is 69.0 Å². The average Bonchev–Trinajstić information content (AvgIpc) is 3.09. The highest BCUT2D eigenvalue weighted by Gasteiger charge is 2.19. The predicted octanol–water partition coefficient (Wildman–Crippen LogP) is 5.26. The Labute approximate surface area is 185 Å². The molecular formula is C23H18F4N4O2. The maximum absolute atomic E-state index is 14.5. The Hall–Kier alpha value is -3.95. The quantitative estimate of drug-likeness (QED) is 0.384. The maximum Gasteiger partial charge on any atom is 0.256 e. The van der Waals surface area contributed by atoms with E-state index in [0.717, 1.165) is 22.3 Å². The molecule has 0 saturated carbocycles. The lowest BCUT2D eigenvalue weighted by molar-refractivity contribution is -0.115. The highest BCUT2D eigenvalue weighted by molar-refractivity contribution is 5.93. The summed E-state index contributed by atoms with van der Waals surface area (Å²) in [5.41, 5.74) is 1.04. The van der Waals surface area contributed by atoms with Crippen molar-refractivity contribution in [3.05, 3.63) is 77.5 Å². The second-order valence-electron chi connectivity index (χ2n) is 7.26. The number of carbonyl (C=O) groups is 1. The van der Waals surface area contributed by atoms with Crippen LogP contribution in [0.15, 0.2) is 54.7 Å². The predicted molar refractivity (Wildman–Crippen MR) is 113 cm³/mol. The van der Waals surface area contributed by atoms with Crippen LogP contribution in [0.4, 0.5) is 23.5 Å². The van der Waals surface area contributed by atoms with E-state index in [4.69, 9.17) is 4.74 Å². The van der Waals surface area contributed by atoms with Crippen LogP contribution in [0.5, 0.6) is 11.6 Å². The van der Waals surface area contributed by atoms with Crippen LogP contribution < -0.4 is 10.1 Å². The SMILES string of the molecule is Cc1cccnc1Oc1ccc(CC(=O)Nc2nc3c(F)cccc3n2CC(F)F)cc1F. The van der Waals surface area contributed by atoms with Gasteiger partial charge in [0, 0.05) is 11.8 Å². The van der Waals surface area contributed by atoms with Gasteiger partial charge in [-0.05, 0) is 42.8 Å². The lowest BCUT2D eigenvalue weighted by Gasteiger charge is -2.11. The number of fused-ring (bicyclic) bond motifs is 1. The molecule has 0 aliphatic heterocycles. The molecule has 0 unspecified atom stereocenters. The van der Waals surface area contributed by atoms with Gasteiger partial charge >= 0.3 is 0 Å². The van der Waals surface area contributed by atoms with E-state index in [9.17, 15) is 22.4 Å². The first-order valence-electron chi connectivity index (χ1n) is 9.92. The molecule has 2 aromatic carbocycles. The van der Waals surface area contributed by atoms with Crippen LogP contribution >= 0.6 is 0 Å². The van der Waals surface area contributed by atoms with Gasteiger partial charge in [0.05, 0.1) is 18.5 Å². The number of halogens is 4. The second-order valence-corrected chi connectivity index (χ2v) is 7.26. The Balaban J connectivity index is 1.51. The van der Waals surface area contributed by atoms with E-state index in [1.807, 2.05) is 0 Å². The van der Waals surface area contributed by atoms with E-state index in [2.05, 4.69) is 15.3 Å². The number of aryl methyl sites for hydroxylation is 1. The summed E-state index contributed by atoms with van der Waals surface area (Å²) in [5.74, 6) is -2.04. The number of amides is 1. The van der Waals surface area contributed by atoms with Gasteiger partial charge in [0.15, 0.2) is 17.4 Å². The summed E-state index contributed by atoms with van der Waals surface area (Å²) in [7, 11) is 0. The Morgan fingerprint density at radius 3 is 2.67 bits per heavy atom. The zero-order valence-corrected chi connectivity index (χ0v) is 17.4. The van der Waals surface area contributed by atoms with Crippen molar-refractivity contribution in [2.24, 2.45) is 0 Å². The van der Waals surface area contributed by atoms with Gasteiger partial charge in [-0.25, -0.2) is 27.5 Å². The molecule has 10 heteroatoms. The number of nitrogens with zero attached hydrogens (tertiary/aromatic N) is 3. The summed E-state index contributed by atoms with van der Waals surface area (Å²) in [5, 5.41) is 2.41. The first-order chi connectivity index (χ1) is 15.8. The number of alkyl halides is 2. The highest BCUT2D eigenvalue weighted by atomic mass is 19.3. The van der Waals surface area contributed by atoms with E-state index in [0.29, 0.717) is 5.56 Å². The van der Waals surface area contributed by atoms with Crippen molar-refractivity contribution in [3.8, 4) is 11.6 Å². The number of para-hydroxylation sites is 1. The van der Waals surface area contributed by atoms with Gasteiger partial charge in [-0.15, -0.1) is 0 Å². The van der Waals surface area contributed by atoms with Gasteiger partial charge in [0.2, 0.25) is 17.7 Å². The van der Waals surface area contributed by atoms with Gasteiger partial charge in [0.25, 0.3) is 6.43 Å². The Morgan fingerprint density at radius 2 is 1.94 bits per heavy atom. The molecule has 4 rings (SSSR count). The minimum Gasteiger partial charge on any atom is -0.436 e. The van der Waals surface area contributed by atoms with Crippen molar-refractivity contribution in [1.82, 2.24) is 14.5 Å². The number of imidazole rings is 1. The number of hydrogen-bond acceptors (Lipinski definition) is 4. The fourth-order valence-electron chi connectivity index (χ4n) is 3.30. The van der Waals surface area contributed by atoms with Crippen LogP contribution in [-0.2, 0) is 17.8 Å². The third-order valence-electron chi connectivity index (χ3n) is 4.83. The van der Waals surface area contributed by atoms with Crippen LogP contribution in [-0.4, -0.2) is 26.9 Å². The van der Waals surface area contributed by atoms with Gasteiger partial charge in [-0.3, -0.25) is 10.1 Å². The number of ether oxygens (including phenoxy) is 1. The molecule has 4 aromatic rings. The van der Waals surface area contributed by atoms with Crippen molar-refractivity contribution in [3.63, 3.8) is 0 Å². The van der Waals surface area contributed by atoms with E-state index in [1.165, 1.54) is 30.5 Å². The van der Waals surface area contributed by atoms with E-state index in [1.54, 1.807) is 19.1 Å². The fourth-order valence-corrected chi connectivity index (χ4v) is 3.30. The summed E-state index contributed by atoms with van der Waals surface area (Å²) in [6, 6.07) is 11.4. The monoisotopic (exact) mass is 458 g/mol. The summed E-state index contributed by atoms with van der Waals surface area (Å²) in [4.78, 5) is 20.5. The summed E-state index contributed by atoms with van der Waals surface area (Å²) in [6.07, 6.45) is -1.49. The van der Waals surface area contributed by atoms with Crippen LogP contribution in [0.2, 0.25) is 0 Å². The molecule has 170 valence electrons. The van der Waals surface area contributed by atoms with E-state index < -0.39 is 30.5 Å².